The van der Waals surface area contributed by atoms with E-state index in [1.54, 1.807) is 0 Å². The van der Waals surface area contributed by atoms with Gasteiger partial charge in [0, 0.05) is 53.1 Å². The van der Waals surface area contributed by atoms with Crippen molar-refractivity contribution in [2.45, 2.75) is 0 Å². The molecule has 3 nitrogen and oxygen atoms in total. The largest absolute Gasteiger partial charge is 0.309 e. The fraction of sp³-hybridized carbons (Fsp3) is 0. The van der Waals surface area contributed by atoms with Gasteiger partial charge in [-0.3, -0.25) is 0 Å². The second kappa shape index (κ2) is 9.92. The van der Waals surface area contributed by atoms with Crippen molar-refractivity contribution in [3.63, 3.8) is 0 Å². The zero-order chi connectivity index (χ0) is 31.1. The molecule has 7 aromatic carbocycles. The molecular formula is C43H25N3S. The van der Waals surface area contributed by atoms with Crippen molar-refractivity contribution >= 4 is 75.1 Å². The zero-order valence-electron chi connectivity index (χ0n) is 25.2. The molecule has 0 fully saturated rings. The maximum Gasteiger partial charge on any atom is 0.0991 e. The van der Waals surface area contributed by atoms with Crippen molar-refractivity contribution in [3.8, 4) is 28.6 Å². The van der Waals surface area contributed by atoms with Gasteiger partial charge in [0.05, 0.1) is 33.7 Å². The van der Waals surface area contributed by atoms with Crippen LogP contribution in [-0.4, -0.2) is 9.13 Å². The summed E-state index contributed by atoms with van der Waals surface area (Å²) in [6, 6.07) is 56.6. The third-order valence-corrected chi connectivity index (χ3v) is 10.6. The molecule has 0 aliphatic carbocycles. The minimum absolute atomic E-state index is 0.670. The molecule has 47 heavy (non-hydrogen) atoms. The summed E-state index contributed by atoms with van der Waals surface area (Å²) >= 11 is 1.82. The number of aromatic nitrogens is 2. The van der Waals surface area contributed by atoms with Crippen molar-refractivity contribution in [2.24, 2.45) is 0 Å². The Balaban J connectivity index is 1.19. The second-order valence-corrected chi connectivity index (χ2v) is 13.2. The third kappa shape index (κ3) is 3.85. The van der Waals surface area contributed by atoms with E-state index in [1.165, 1.54) is 42.0 Å². The Morgan fingerprint density at radius 3 is 1.66 bits per heavy atom. The predicted octanol–water partition coefficient (Wildman–Crippen LogP) is 11.8. The van der Waals surface area contributed by atoms with E-state index in [0.717, 1.165) is 44.3 Å². The first-order valence-electron chi connectivity index (χ1n) is 15.7. The van der Waals surface area contributed by atoms with Gasteiger partial charge < -0.3 is 9.13 Å². The lowest BCUT2D eigenvalue weighted by Gasteiger charge is -2.13. The highest BCUT2D eigenvalue weighted by molar-refractivity contribution is 7.25. The normalized spacial score (nSPS) is 11.8. The molecule has 3 heterocycles. The molecule has 0 atom stereocenters. The van der Waals surface area contributed by atoms with Crippen molar-refractivity contribution in [2.75, 3.05) is 0 Å². The fourth-order valence-electron chi connectivity index (χ4n) is 7.43. The van der Waals surface area contributed by atoms with Crippen LogP contribution in [0.5, 0.6) is 0 Å². The standard InChI is InChI=1S/C43H25N3S/c44-26-27-19-20-40-35(21-27)36-25-43-37(34-15-3-6-18-42(34)47-43)24-41(36)46(40)31-12-8-10-29(23-31)28-9-7-11-30(22-28)45-38-16-4-1-13-32(38)33-14-2-5-17-39(33)45/h1-25H. The number of fused-ring (bicyclic) bond motifs is 9. The van der Waals surface area contributed by atoms with Gasteiger partial charge in [-0.15, -0.1) is 11.3 Å². The average Bonchev–Trinajstić information content (AvgIpc) is 3.77. The van der Waals surface area contributed by atoms with E-state index in [9.17, 15) is 5.26 Å². The molecule has 0 N–H and O–H groups in total. The molecule has 0 saturated heterocycles. The highest BCUT2D eigenvalue weighted by atomic mass is 32.1. The van der Waals surface area contributed by atoms with Gasteiger partial charge in [-0.25, -0.2) is 0 Å². The molecular weight excluding hydrogens is 591 g/mol. The molecule has 0 radical (unpaired) electrons. The molecule has 0 amide bonds. The maximum atomic E-state index is 9.77. The van der Waals surface area contributed by atoms with Crippen LogP contribution in [0.25, 0.3) is 86.3 Å². The molecule has 10 rings (SSSR count). The number of benzene rings is 7. The first kappa shape index (κ1) is 26.1. The van der Waals surface area contributed by atoms with Gasteiger partial charge >= 0.3 is 0 Å². The lowest BCUT2D eigenvalue weighted by molar-refractivity contribution is 1.17. The lowest BCUT2D eigenvalue weighted by Crippen LogP contribution is -1.96. The van der Waals surface area contributed by atoms with Crippen LogP contribution in [0.3, 0.4) is 0 Å². The molecule has 0 saturated carbocycles. The molecule has 218 valence electrons. The van der Waals surface area contributed by atoms with Crippen LogP contribution in [0.15, 0.2) is 152 Å². The fourth-order valence-corrected chi connectivity index (χ4v) is 8.56. The smallest absolute Gasteiger partial charge is 0.0991 e. The minimum atomic E-state index is 0.670. The highest BCUT2D eigenvalue weighted by Crippen LogP contribution is 2.41. The topological polar surface area (TPSA) is 33.6 Å². The number of para-hydroxylation sites is 2. The quantitative estimate of drug-likeness (QED) is 0.195. The number of nitrogens with zero attached hydrogens (tertiary/aromatic N) is 3. The summed E-state index contributed by atoms with van der Waals surface area (Å²) < 4.78 is 7.27. The molecule has 4 heteroatoms. The molecule has 0 aliphatic heterocycles. The van der Waals surface area contributed by atoms with Crippen molar-refractivity contribution in [1.29, 1.82) is 5.26 Å². The van der Waals surface area contributed by atoms with Crippen LogP contribution in [0, 0.1) is 11.3 Å². The summed E-state index contributed by atoms with van der Waals surface area (Å²) in [6.07, 6.45) is 0. The highest BCUT2D eigenvalue weighted by Gasteiger charge is 2.17. The molecule has 3 aromatic heterocycles. The maximum absolute atomic E-state index is 9.77. The molecule has 0 spiro atoms. The van der Waals surface area contributed by atoms with Crippen LogP contribution >= 0.6 is 11.3 Å². The van der Waals surface area contributed by atoms with Gasteiger partial charge in [0.2, 0.25) is 0 Å². The van der Waals surface area contributed by atoms with Crippen molar-refractivity contribution in [1.82, 2.24) is 9.13 Å². The van der Waals surface area contributed by atoms with E-state index in [1.807, 2.05) is 23.5 Å². The number of hydrogen-bond acceptors (Lipinski definition) is 2. The van der Waals surface area contributed by atoms with Gasteiger partial charge in [-0.2, -0.15) is 5.26 Å². The Morgan fingerprint density at radius 2 is 0.979 bits per heavy atom. The van der Waals surface area contributed by atoms with Crippen LogP contribution in [0.4, 0.5) is 0 Å². The Bertz CT molecular complexity index is 2880. The number of nitriles is 1. The number of thiophene rings is 1. The van der Waals surface area contributed by atoms with Crippen LogP contribution in [0.1, 0.15) is 5.56 Å². The predicted molar refractivity (Wildman–Crippen MR) is 198 cm³/mol. The number of hydrogen-bond donors (Lipinski definition) is 0. The average molecular weight is 616 g/mol. The van der Waals surface area contributed by atoms with E-state index in [-0.39, 0.29) is 0 Å². The van der Waals surface area contributed by atoms with Gasteiger partial charge in [-0.1, -0.05) is 78.9 Å². The summed E-state index contributed by atoms with van der Waals surface area (Å²) in [7, 11) is 0. The van der Waals surface area contributed by atoms with Crippen LogP contribution in [0.2, 0.25) is 0 Å². The van der Waals surface area contributed by atoms with Crippen LogP contribution < -0.4 is 0 Å². The summed E-state index contributed by atoms with van der Waals surface area (Å²) in [6.45, 7) is 0. The second-order valence-electron chi connectivity index (χ2n) is 12.1. The van der Waals surface area contributed by atoms with Gasteiger partial charge in [-0.05, 0) is 83.9 Å². The monoisotopic (exact) mass is 615 g/mol. The summed E-state index contributed by atoms with van der Waals surface area (Å²) in [5.41, 5.74) is 9.85. The van der Waals surface area contributed by atoms with E-state index in [0.29, 0.717) is 5.56 Å². The Labute approximate surface area is 274 Å². The van der Waals surface area contributed by atoms with E-state index in [2.05, 4.69) is 155 Å². The van der Waals surface area contributed by atoms with Crippen LogP contribution in [-0.2, 0) is 0 Å². The summed E-state index contributed by atoms with van der Waals surface area (Å²) in [4.78, 5) is 0. The molecule has 0 bridgehead atoms. The lowest BCUT2D eigenvalue weighted by atomic mass is 10.0. The SMILES string of the molecule is N#Cc1ccc2c(c1)c1cc3sc4ccccc4c3cc1n2-c1cccc(-c2cccc(-n3c4ccccc4c4ccccc43)c2)c1. The van der Waals surface area contributed by atoms with Gasteiger partial charge in [0.15, 0.2) is 0 Å². The van der Waals surface area contributed by atoms with Crippen molar-refractivity contribution < 1.29 is 0 Å². The first-order valence-corrected chi connectivity index (χ1v) is 16.6. The third-order valence-electron chi connectivity index (χ3n) is 9.51. The van der Waals surface area contributed by atoms with Gasteiger partial charge in [0.25, 0.3) is 0 Å². The Kier molecular flexibility index (Phi) is 5.51. The van der Waals surface area contributed by atoms with Crippen molar-refractivity contribution in [3.05, 3.63) is 157 Å². The van der Waals surface area contributed by atoms with E-state index in [4.69, 9.17) is 0 Å². The Hall–Kier alpha value is -6.15. The van der Waals surface area contributed by atoms with E-state index < -0.39 is 0 Å². The summed E-state index contributed by atoms with van der Waals surface area (Å²) in [5, 5.41) is 17.1. The minimum Gasteiger partial charge on any atom is -0.309 e. The molecule has 10 aromatic rings. The summed E-state index contributed by atoms with van der Waals surface area (Å²) in [5.74, 6) is 0. The number of rotatable bonds is 3. The zero-order valence-corrected chi connectivity index (χ0v) is 26.0. The van der Waals surface area contributed by atoms with E-state index >= 15 is 0 Å². The molecule has 0 unspecified atom stereocenters. The van der Waals surface area contributed by atoms with Gasteiger partial charge in [0.1, 0.15) is 0 Å². The Morgan fingerprint density at radius 1 is 0.404 bits per heavy atom. The molecule has 0 aliphatic rings. The first-order chi connectivity index (χ1) is 23.2.